The van der Waals surface area contributed by atoms with Crippen LogP contribution in [0.2, 0.25) is 0 Å². The minimum absolute atomic E-state index is 0.0316. The molecular weight excluding hydrogens is 496 g/mol. The van der Waals surface area contributed by atoms with E-state index in [9.17, 15) is 14.4 Å². The van der Waals surface area contributed by atoms with E-state index in [1.165, 1.54) is 30.4 Å². The van der Waals surface area contributed by atoms with Crippen molar-refractivity contribution in [3.8, 4) is 0 Å². The van der Waals surface area contributed by atoms with Gasteiger partial charge in [-0.2, -0.15) is 0 Å². The highest BCUT2D eigenvalue weighted by Gasteiger charge is 2.60. The molecule has 7 rings (SSSR count). The van der Waals surface area contributed by atoms with Crippen LogP contribution < -0.4 is 0 Å². The van der Waals surface area contributed by atoms with Crippen molar-refractivity contribution in [2.75, 3.05) is 0 Å². The van der Waals surface area contributed by atoms with Gasteiger partial charge in [-0.1, -0.05) is 26.3 Å². The first-order valence-electron chi connectivity index (χ1n) is 16.4. The summed E-state index contributed by atoms with van der Waals surface area (Å²) in [5, 5.41) is 0. The molecule has 4 heteroatoms. The maximum atomic E-state index is 13.2. The SMILES string of the molecule is CC1=C(CCC(=O)OC2CCC3(C)C(CCC4C3CC[C@]3(C)C(=O)CCC43)C2)C2=C(C)C3(CC3)[C@H](C)C(=O)C2=C1. The zero-order chi connectivity index (χ0) is 28.2. The highest BCUT2D eigenvalue weighted by Crippen LogP contribution is 2.66. The zero-order valence-electron chi connectivity index (χ0n) is 25.4. The molecule has 0 saturated heterocycles. The molecule has 0 heterocycles. The topological polar surface area (TPSA) is 60.4 Å². The van der Waals surface area contributed by atoms with Crippen LogP contribution in [0, 0.1) is 45.8 Å². The Hall–Kier alpha value is -1.97. The third-order valence-corrected chi connectivity index (χ3v) is 14.0. The molecule has 6 unspecified atom stereocenters. The highest BCUT2D eigenvalue weighted by molar-refractivity contribution is 6.07. The summed E-state index contributed by atoms with van der Waals surface area (Å²) in [5.74, 6) is 3.44. The third kappa shape index (κ3) is 3.65. The fourth-order valence-electron chi connectivity index (χ4n) is 11.2. The summed E-state index contributed by atoms with van der Waals surface area (Å²) in [7, 11) is 0. The fourth-order valence-corrected chi connectivity index (χ4v) is 11.2. The first kappa shape index (κ1) is 26.9. The van der Waals surface area contributed by atoms with E-state index in [0.717, 1.165) is 74.0 Å². The lowest BCUT2D eigenvalue weighted by atomic mass is 9.45. The fraction of sp³-hybridized carbons (Fsp3) is 0.750. The Morgan fingerprint density at radius 2 is 1.75 bits per heavy atom. The molecule has 1 spiro atoms. The lowest BCUT2D eigenvalue weighted by molar-refractivity contribution is -0.162. The average molecular weight is 545 g/mol. The van der Waals surface area contributed by atoms with Gasteiger partial charge in [-0.15, -0.1) is 0 Å². The maximum absolute atomic E-state index is 13.2. The molecule has 4 nitrogen and oxygen atoms in total. The predicted molar refractivity (Wildman–Crippen MR) is 155 cm³/mol. The van der Waals surface area contributed by atoms with E-state index in [4.69, 9.17) is 4.74 Å². The first-order valence-corrected chi connectivity index (χ1v) is 16.4. The van der Waals surface area contributed by atoms with Crippen molar-refractivity contribution in [3.63, 3.8) is 0 Å². The van der Waals surface area contributed by atoms with Gasteiger partial charge in [-0.05, 0) is 136 Å². The summed E-state index contributed by atoms with van der Waals surface area (Å²) in [5.41, 5.74) is 6.08. The Balaban J connectivity index is 0.981. The molecule has 0 aromatic rings. The molecule has 5 fully saturated rings. The smallest absolute Gasteiger partial charge is 0.306 e. The molecule has 0 bridgehead atoms. The maximum Gasteiger partial charge on any atom is 0.306 e. The summed E-state index contributed by atoms with van der Waals surface area (Å²) < 4.78 is 6.16. The molecule has 0 aromatic carbocycles. The normalized spacial score (nSPS) is 43.3. The first-order chi connectivity index (χ1) is 19.0. The molecular formula is C36H48O4. The van der Waals surface area contributed by atoms with E-state index >= 15 is 0 Å². The van der Waals surface area contributed by atoms with Gasteiger partial charge >= 0.3 is 5.97 Å². The van der Waals surface area contributed by atoms with Gasteiger partial charge in [-0.25, -0.2) is 0 Å². The summed E-state index contributed by atoms with van der Waals surface area (Å²) in [6, 6.07) is 0. The average Bonchev–Trinajstić information content (AvgIpc) is 3.58. The van der Waals surface area contributed by atoms with Crippen LogP contribution in [0.3, 0.4) is 0 Å². The largest absolute Gasteiger partial charge is 0.462 e. The number of ether oxygens (including phenoxy) is 1. The molecule has 0 aliphatic heterocycles. The van der Waals surface area contributed by atoms with Crippen molar-refractivity contribution >= 4 is 17.5 Å². The van der Waals surface area contributed by atoms with Gasteiger partial charge in [0.15, 0.2) is 5.78 Å². The second kappa shape index (κ2) is 9.01. The van der Waals surface area contributed by atoms with Crippen LogP contribution in [0.25, 0.3) is 0 Å². The summed E-state index contributed by atoms with van der Waals surface area (Å²) in [6.45, 7) is 11.2. The molecule has 216 valence electrons. The van der Waals surface area contributed by atoms with Crippen LogP contribution in [0.1, 0.15) is 118 Å². The Bertz CT molecular complexity index is 1280. The molecule has 0 N–H and O–H groups in total. The standard InChI is InChI=1S/C36H48O4/c1-20-18-27-32(21(2)36(16-17-36)22(3)33(27)39)25(20)8-11-31(38)40-24-12-14-34(4)23(19-24)6-7-26-28-9-10-30(37)35(28,5)15-13-29(26)34/h18,22-24,26,28-29H,6-17,19H2,1-5H3/t22-,23?,24?,26?,28?,29?,34?,35+/m1/s1. The van der Waals surface area contributed by atoms with Gasteiger partial charge in [0.25, 0.3) is 0 Å². The number of hydrogen-bond donors (Lipinski definition) is 0. The monoisotopic (exact) mass is 544 g/mol. The minimum atomic E-state index is -0.0798. The minimum Gasteiger partial charge on any atom is -0.462 e. The van der Waals surface area contributed by atoms with E-state index in [1.807, 2.05) is 0 Å². The number of Topliss-reactive ketones (excluding diaryl/α,β-unsaturated/α-hetero) is 2. The number of ketones is 2. The number of esters is 1. The molecule has 40 heavy (non-hydrogen) atoms. The molecule has 7 aliphatic rings. The van der Waals surface area contributed by atoms with E-state index in [1.54, 1.807) is 0 Å². The van der Waals surface area contributed by atoms with Crippen molar-refractivity contribution in [2.45, 2.75) is 124 Å². The number of fused-ring (bicyclic) bond motifs is 6. The number of rotatable bonds is 4. The summed E-state index contributed by atoms with van der Waals surface area (Å²) in [4.78, 5) is 39.1. The van der Waals surface area contributed by atoms with Gasteiger partial charge in [0.05, 0.1) is 0 Å². The quantitative estimate of drug-likeness (QED) is 0.338. The van der Waals surface area contributed by atoms with Crippen LogP contribution >= 0.6 is 0 Å². The highest BCUT2D eigenvalue weighted by atomic mass is 16.5. The van der Waals surface area contributed by atoms with Crippen molar-refractivity contribution in [3.05, 3.63) is 33.9 Å². The Kier molecular flexibility index (Phi) is 6.06. The van der Waals surface area contributed by atoms with Gasteiger partial charge in [0.2, 0.25) is 0 Å². The van der Waals surface area contributed by atoms with Gasteiger partial charge in [-0.3, -0.25) is 14.4 Å². The molecule has 7 aliphatic carbocycles. The lowest BCUT2D eigenvalue weighted by Crippen LogP contribution is -2.54. The predicted octanol–water partition coefficient (Wildman–Crippen LogP) is 7.86. The van der Waals surface area contributed by atoms with E-state index in [2.05, 4.69) is 40.7 Å². The Labute approximate surface area is 240 Å². The number of allylic oxidation sites excluding steroid dienone is 6. The zero-order valence-corrected chi connectivity index (χ0v) is 25.4. The van der Waals surface area contributed by atoms with Gasteiger partial charge in [0.1, 0.15) is 11.9 Å². The second-order valence-electron chi connectivity index (χ2n) is 15.4. The molecule has 5 saturated carbocycles. The summed E-state index contributed by atoms with van der Waals surface area (Å²) >= 11 is 0. The van der Waals surface area contributed by atoms with Crippen LogP contribution in [-0.4, -0.2) is 23.6 Å². The number of hydrogen-bond acceptors (Lipinski definition) is 4. The van der Waals surface area contributed by atoms with Gasteiger partial charge in [0, 0.05) is 35.2 Å². The number of carbonyl (C=O) groups excluding carboxylic acids is 3. The van der Waals surface area contributed by atoms with Crippen LogP contribution in [0.5, 0.6) is 0 Å². The van der Waals surface area contributed by atoms with E-state index in [-0.39, 0.29) is 34.6 Å². The van der Waals surface area contributed by atoms with Crippen molar-refractivity contribution in [1.29, 1.82) is 0 Å². The number of carbonyl (C=O) groups is 3. The Morgan fingerprint density at radius 1 is 0.975 bits per heavy atom. The molecule has 0 aromatic heterocycles. The molecule has 8 atom stereocenters. The van der Waals surface area contributed by atoms with E-state index in [0.29, 0.717) is 41.8 Å². The lowest BCUT2D eigenvalue weighted by Gasteiger charge is -2.60. The van der Waals surface area contributed by atoms with Crippen molar-refractivity contribution < 1.29 is 19.1 Å². The van der Waals surface area contributed by atoms with Crippen molar-refractivity contribution in [1.82, 2.24) is 0 Å². The Morgan fingerprint density at radius 3 is 2.50 bits per heavy atom. The van der Waals surface area contributed by atoms with Crippen LogP contribution in [0.4, 0.5) is 0 Å². The van der Waals surface area contributed by atoms with Crippen molar-refractivity contribution in [2.24, 2.45) is 45.8 Å². The third-order valence-electron chi connectivity index (χ3n) is 14.0. The van der Waals surface area contributed by atoms with Gasteiger partial charge < -0.3 is 4.74 Å². The molecule has 0 radical (unpaired) electrons. The summed E-state index contributed by atoms with van der Waals surface area (Å²) in [6.07, 6.45) is 15.1. The van der Waals surface area contributed by atoms with Crippen LogP contribution in [0.15, 0.2) is 33.9 Å². The van der Waals surface area contributed by atoms with E-state index < -0.39 is 0 Å². The van der Waals surface area contributed by atoms with Crippen LogP contribution in [-0.2, 0) is 19.1 Å². The second-order valence-corrected chi connectivity index (χ2v) is 15.4. The molecule has 0 amide bonds.